The molecular weight excluding hydrogens is 452 g/mol. The van der Waals surface area contributed by atoms with Crippen LogP contribution in [0.2, 0.25) is 5.02 Å². The highest BCUT2D eigenvalue weighted by Crippen LogP contribution is 2.32. The Morgan fingerprint density at radius 2 is 1.88 bits per heavy atom. The fourth-order valence-corrected chi connectivity index (χ4v) is 3.38. The van der Waals surface area contributed by atoms with Crippen LogP contribution in [-0.4, -0.2) is 42.2 Å². The van der Waals surface area contributed by atoms with Gasteiger partial charge in [-0.2, -0.15) is 23.4 Å². The molecule has 0 fully saturated rings. The second-order valence-electron chi connectivity index (χ2n) is 7.05. The molecule has 0 saturated heterocycles. The maximum atomic E-state index is 13.7. The van der Waals surface area contributed by atoms with Crippen LogP contribution in [0.4, 0.5) is 17.6 Å². The smallest absolute Gasteiger partial charge is 0.334 e. The number of benzene rings is 1. The highest BCUT2D eigenvalue weighted by molar-refractivity contribution is 6.31. The zero-order chi connectivity index (χ0) is 23.2. The van der Waals surface area contributed by atoms with E-state index in [1.54, 1.807) is 7.05 Å². The molecule has 1 aromatic carbocycles. The molecule has 12 heteroatoms. The molecule has 0 radical (unpaired) electrons. The van der Waals surface area contributed by atoms with Crippen molar-refractivity contribution in [3.63, 3.8) is 0 Å². The van der Waals surface area contributed by atoms with E-state index in [2.05, 4.69) is 15.2 Å². The molecule has 3 heterocycles. The maximum Gasteiger partial charge on any atom is 0.433 e. The molecule has 0 N–H and O–H groups in total. The lowest BCUT2D eigenvalue weighted by molar-refractivity contribution is -0.142. The second-order valence-corrected chi connectivity index (χ2v) is 7.46. The lowest BCUT2D eigenvalue weighted by Crippen LogP contribution is -2.28. The molecular formula is C20H15ClF4N6O. The van der Waals surface area contributed by atoms with Crippen molar-refractivity contribution in [2.24, 2.45) is 7.05 Å². The van der Waals surface area contributed by atoms with Crippen LogP contribution < -0.4 is 0 Å². The number of aryl methyl sites for hydroxylation is 1. The van der Waals surface area contributed by atoms with Crippen molar-refractivity contribution in [3.05, 3.63) is 70.5 Å². The van der Waals surface area contributed by atoms with Gasteiger partial charge in [-0.05, 0) is 30.3 Å². The van der Waals surface area contributed by atoms with E-state index in [-0.39, 0.29) is 29.1 Å². The highest BCUT2D eigenvalue weighted by Gasteiger charge is 2.36. The van der Waals surface area contributed by atoms with E-state index < -0.39 is 23.6 Å². The van der Waals surface area contributed by atoms with Gasteiger partial charge in [-0.15, -0.1) is 0 Å². The molecule has 4 aromatic rings. The third kappa shape index (κ3) is 4.03. The molecule has 0 aliphatic heterocycles. The van der Waals surface area contributed by atoms with E-state index in [0.717, 1.165) is 18.2 Å². The Morgan fingerprint density at radius 3 is 2.47 bits per heavy atom. The summed E-state index contributed by atoms with van der Waals surface area (Å²) in [5, 5.41) is 8.19. The van der Waals surface area contributed by atoms with E-state index >= 15 is 0 Å². The van der Waals surface area contributed by atoms with Crippen LogP contribution in [0.25, 0.3) is 16.9 Å². The van der Waals surface area contributed by atoms with Gasteiger partial charge >= 0.3 is 6.18 Å². The zero-order valence-corrected chi connectivity index (χ0v) is 17.5. The van der Waals surface area contributed by atoms with E-state index in [1.807, 2.05) is 0 Å². The summed E-state index contributed by atoms with van der Waals surface area (Å²) in [6.45, 7) is 0.0718. The van der Waals surface area contributed by atoms with E-state index in [4.69, 9.17) is 11.6 Å². The van der Waals surface area contributed by atoms with Crippen LogP contribution in [0.1, 0.15) is 21.9 Å². The minimum atomic E-state index is -4.77. The molecule has 0 spiro atoms. The number of aromatic nitrogens is 5. The summed E-state index contributed by atoms with van der Waals surface area (Å²) in [6.07, 6.45) is -3.34. The fraction of sp³-hybridized carbons (Fsp3) is 0.200. The maximum absolute atomic E-state index is 13.7. The van der Waals surface area contributed by atoms with Crippen molar-refractivity contribution < 1.29 is 22.4 Å². The van der Waals surface area contributed by atoms with Crippen molar-refractivity contribution in [3.8, 4) is 11.3 Å². The number of alkyl halides is 3. The molecule has 0 unspecified atom stereocenters. The number of carbonyl (C=O) groups is 1. The van der Waals surface area contributed by atoms with Gasteiger partial charge in [0.05, 0.1) is 29.2 Å². The first-order valence-electron chi connectivity index (χ1n) is 9.20. The zero-order valence-electron chi connectivity index (χ0n) is 16.7. The van der Waals surface area contributed by atoms with Crippen molar-refractivity contribution in [2.75, 3.05) is 7.05 Å². The van der Waals surface area contributed by atoms with Crippen LogP contribution in [0.3, 0.4) is 0 Å². The Hall–Kier alpha value is -3.47. The summed E-state index contributed by atoms with van der Waals surface area (Å²) in [5.41, 5.74) is -0.693. The molecule has 4 rings (SSSR count). The van der Waals surface area contributed by atoms with Crippen LogP contribution in [-0.2, 0) is 19.8 Å². The lowest BCUT2D eigenvalue weighted by Gasteiger charge is -2.16. The summed E-state index contributed by atoms with van der Waals surface area (Å²) in [4.78, 5) is 18.3. The number of hydrogen-bond donors (Lipinski definition) is 0. The topological polar surface area (TPSA) is 68.3 Å². The summed E-state index contributed by atoms with van der Waals surface area (Å²) < 4.78 is 56.4. The van der Waals surface area contributed by atoms with Crippen LogP contribution in [0.15, 0.2) is 42.6 Å². The normalized spacial score (nSPS) is 11.8. The van der Waals surface area contributed by atoms with E-state index in [1.165, 1.54) is 41.0 Å². The van der Waals surface area contributed by atoms with Gasteiger partial charge in [-0.3, -0.25) is 9.48 Å². The summed E-state index contributed by atoms with van der Waals surface area (Å²) in [5.74, 6) is -1.15. The Labute approximate surface area is 183 Å². The van der Waals surface area contributed by atoms with Crippen molar-refractivity contribution in [1.82, 2.24) is 29.3 Å². The number of halogens is 5. The van der Waals surface area contributed by atoms with Gasteiger partial charge in [0.25, 0.3) is 5.91 Å². The van der Waals surface area contributed by atoms with E-state index in [0.29, 0.717) is 15.2 Å². The number of amides is 1. The molecule has 0 bridgehead atoms. The van der Waals surface area contributed by atoms with Gasteiger partial charge in [0.1, 0.15) is 5.82 Å². The highest BCUT2D eigenvalue weighted by atomic mass is 35.5. The first-order chi connectivity index (χ1) is 15.0. The quantitative estimate of drug-likeness (QED) is 0.422. The Kier molecular flexibility index (Phi) is 5.37. The summed E-state index contributed by atoms with van der Waals surface area (Å²) in [6, 6.07) is 6.87. The molecule has 0 atom stereocenters. The standard InChI is InChI=1S/C20H15ClF4N6O/c1-29(10-16-13(21)9-26-30(16)2)19(32)15-8-18-27-14(11-3-5-12(22)6-4-11)7-17(20(23,24)25)31(18)28-15/h3-9H,10H2,1-2H3. The summed E-state index contributed by atoms with van der Waals surface area (Å²) >= 11 is 6.06. The van der Waals surface area contributed by atoms with Crippen LogP contribution in [0, 0.1) is 5.82 Å². The van der Waals surface area contributed by atoms with Gasteiger partial charge in [0.2, 0.25) is 0 Å². The van der Waals surface area contributed by atoms with Gasteiger partial charge in [0.15, 0.2) is 17.0 Å². The number of hydrogen-bond acceptors (Lipinski definition) is 4. The minimum Gasteiger partial charge on any atom is -0.334 e. The van der Waals surface area contributed by atoms with Crippen LogP contribution in [0.5, 0.6) is 0 Å². The molecule has 0 aliphatic rings. The third-order valence-electron chi connectivity index (χ3n) is 4.82. The van der Waals surface area contributed by atoms with Crippen LogP contribution >= 0.6 is 11.6 Å². The molecule has 166 valence electrons. The Morgan fingerprint density at radius 1 is 1.19 bits per heavy atom. The second kappa shape index (κ2) is 7.90. The predicted molar refractivity (Wildman–Crippen MR) is 107 cm³/mol. The molecule has 3 aromatic heterocycles. The average Bonchev–Trinajstić information content (AvgIpc) is 3.30. The van der Waals surface area contributed by atoms with Gasteiger partial charge < -0.3 is 4.90 Å². The largest absolute Gasteiger partial charge is 0.433 e. The monoisotopic (exact) mass is 466 g/mol. The summed E-state index contributed by atoms with van der Waals surface area (Å²) in [7, 11) is 3.12. The number of carbonyl (C=O) groups excluding carboxylic acids is 1. The number of rotatable bonds is 4. The van der Waals surface area contributed by atoms with Gasteiger partial charge in [-0.25, -0.2) is 13.9 Å². The van der Waals surface area contributed by atoms with Gasteiger partial charge in [-0.1, -0.05) is 11.6 Å². The minimum absolute atomic E-state index is 0.0289. The Balaban J connectivity index is 1.75. The number of nitrogens with zero attached hydrogens (tertiary/aromatic N) is 6. The predicted octanol–water partition coefficient (Wildman–Crippen LogP) is 4.21. The van der Waals surface area contributed by atoms with Crippen molar-refractivity contribution in [1.29, 1.82) is 0 Å². The Bertz CT molecular complexity index is 1290. The molecule has 0 saturated carbocycles. The third-order valence-corrected chi connectivity index (χ3v) is 5.14. The average molecular weight is 467 g/mol. The number of fused-ring (bicyclic) bond motifs is 1. The molecule has 1 amide bonds. The van der Waals surface area contributed by atoms with Crippen molar-refractivity contribution in [2.45, 2.75) is 12.7 Å². The van der Waals surface area contributed by atoms with E-state index in [9.17, 15) is 22.4 Å². The van der Waals surface area contributed by atoms with Gasteiger partial charge in [0, 0.05) is 25.7 Å². The first kappa shape index (κ1) is 21.8. The fourth-order valence-electron chi connectivity index (χ4n) is 3.16. The lowest BCUT2D eigenvalue weighted by atomic mass is 10.1. The molecule has 7 nitrogen and oxygen atoms in total. The SMILES string of the molecule is CN(Cc1c(Cl)cnn1C)C(=O)c1cc2nc(-c3ccc(F)cc3)cc(C(F)(F)F)n2n1. The van der Waals surface area contributed by atoms with Crippen molar-refractivity contribution >= 4 is 23.2 Å². The first-order valence-corrected chi connectivity index (χ1v) is 9.58. The molecule has 0 aliphatic carbocycles. The molecule has 32 heavy (non-hydrogen) atoms.